The first-order valence-electron chi connectivity index (χ1n) is 8.03. The van der Waals surface area contributed by atoms with Gasteiger partial charge in [0.2, 0.25) is 11.8 Å². The topological polar surface area (TPSA) is 90.0 Å². The van der Waals surface area contributed by atoms with E-state index in [2.05, 4.69) is 10.4 Å². The van der Waals surface area contributed by atoms with E-state index >= 15 is 0 Å². The fourth-order valence-electron chi connectivity index (χ4n) is 2.40. The summed E-state index contributed by atoms with van der Waals surface area (Å²) in [5.41, 5.74) is 8.88. The van der Waals surface area contributed by atoms with E-state index in [0.717, 1.165) is 16.9 Å². The molecule has 0 bridgehead atoms. The Kier molecular flexibility index (Phi) is 4.94. The smallest absolute Gasteiger partial charge is 0.248 e. The summed E-state index contributed by atoms with van der Waals surface area (Å²) in [5, 5.41) is 7.17. The number of hydrogen-bond acceptors (Lipinski definition) is 3. The maximum Gasteiger partial charge on any atom is 0.248 e. The van der Waals surface area contributed by atoms with E-state index in [1.165, 1.54) is 6.08 Å². The zero-order chi connectivity index (χ0) is 18.5. The Labute approximate surface area is 151 Å². The van der Waals surface area contributed by atoms with Crippen molar-refractivity contribution in [2.45, 2.75) is 6.92 Å². The quantitative estimate of drug-likeness (QED) is 0.696. The van der Waals surface area contributed by atoms with Crippen LogP contribution in [0.2, 0.25) is 0 Å². The first kappa shape index (κ1) is 17.2. The van der Waals surface area contributed by atoms with Gasteiger partial charge in [0.15, 0.2) is 0 Å². The molecule has 3 aromatic rings. The Balaban J connectivity index is 1.67. The number of anilines is 1. The van der Waals surface area contributed by atoms with E-state index in [1.807, 2.05) is 43.5 Å². The minimum absolute atomic E-state index is 0.252. The molecule has 0 unspecified atom stereocenters. The molecule has 0 fully saturated rings. The van der Waals surface area contributed by atoms with Crippen molar-refractivity contribution in [2.24, 2.45) is 5.73 Å². The highest BCUT2D eigenvalue weighted by molar-refractivity contribution is 6.02. The molecule has 1 heterocycles. The molecule has 2 amide bonds. The monoisotopic (exact) mass is 346 g/mol. The largest absolute Gasteiger partial charge is 0.366 e. The normalized spacial score (nSPS) is 10.8. The minimum Gasteiger partial charge on any atom is -0.366 e. The van der Waals surface area contributed by atoms with Gasteiger partial charge in [-0.25, -0.2) is 4.68 Å². The molecule has 0 saturated carbocycles. The molecule has 26 heavy (non-hydrogen) atoms. The third kappa shape index (κ3) is 4.24. The van der Waals surface area contributed by atoms with Gasteiger partial charge >= 0.3 is 0 Å². The summed E-state index contributed by atoms with van der Waals surface area (Å²) < 4.78 is 1.75. The van der Waals surface area contributed by atoms with Crippen LogP contribution in [0.4, 0.5) is 5.69 Å². The highest BCUT2D eigenvalue weighted by atomic mass is 16.1. The number of nitrogens with two attached hydrogens (primary N) is 1. The van der Waals surface area contributed by atoms with Gasteiger partial charge in [0.25, 0.3) is 0 Å². The van der Waals surface area contributed by atoms with Crippen molar-refractivity contribution in [3.8, 4) is 5.69 Å². The number of aryl methyl sites for hydroxylation is 1. The molecule has 3 rings (SSSR count). The van der Waals surface area contributed by atoms with Crippen LogP contribution >= 0.6 is 0 Å². The number of hydrogen-bond donors (Lipinski definition) is 2. The number of aromatic nitrogens is 2. The molecular weight excluding hydrogens is 328 g/mol. The Morgan fingerprint density at radius 2 is 1.88 bits per heavy atom. The standard InChI is InChI=1S/C20H18N4O2/c1-14-11-12-24(23-14)18-4-2-3-17(13-18)22-19(25)10-7-15-5-8-16(9-6-15)20(21)26/h2-13H,1H3,(H2,21,26)(H,22,25). The summed E-state index contributed by atoms with van der Waals surface area (Å²) in [7, 11) is 0. The molecule has 0 aliphatic carbocycles. The summed E-state index contributed by atoms with van der Waals surface area (Å²) in [4.78, 5) is 23.2. The van der Waals surface area contributed by atoms with Crippen LogP contribution in [0.3, 0.4) is 0 Å². The van der Waals surface area contributed by atoms with Crippen LogP contribution in [-0.4, -0.2) is 21.6 Å². The lowest BCUT2D eigenvalue weighted by Gasteiger charge is -2.06. The van der Waals surface area contributed by atoms with Crippen LogP contribution in [0.1, 0.15) is 21.6 Å². The summed E-state index contributed by atoms with van der Waals surface area (Å²) in [5.74, 6) is -0.733. The average Bonchev–Trinajstić information content (AvgIpc) is 3.07. The molecule has 2 aromatic carbocycles. The maximum atomic E-state index is 12.1. The summed E-state index contributed by atoms with van der Waals surface area (Å²) in [6.07, 6.45) is 4.97. The van der Waals surface area contributed by atoms with Gasteiger partial charge in [-0.05, 0) is 55.0 Å². The van der Waals surface area contributed by atoms with Crippen molar-refractivity contribution >= 4 is 23.6 Å². The third-order valence-electron chi connectivity index (χ3n) is 3.72. The SMILES string of the molecule is Cc1ccn(-c2cccc(NC(=O)C=Cc3ccc(C(N)=O)cc3)c2)n1. The van der Waals surface area contributed by atoms with Crippen LogP contribution in [0.5, 0.6) is 0 Å². The van der Waals surface area contributed by atoms with Gasteiger partial charge in [0.05, 0.1) is 11.4 Å². The molecule has 0 aliphatic rings. The van der Waals surface area contributed by atoms with Crippen molar-refractivity contribution in [1.82, 2.24) is 9.78 Å². The van der Waals surface area contributed by atoms with Gasteiger partial charge in [-0.2, -0.15) is 5.10 Å². The molecule has 0 spiro atoms. The molecule has 0 saturated heterocycles. The number of amides is 2. The molecule has 3 N–H and O–H groups in total. The Morgan fingerprint density at radius 3 is 2.54 bits per heavy atom. The maximum absolute atomic E-state index is 12.1. The van der Waals surface area contributed by atoms with Crippen molar-refractivity contribution in [3.63, 3.8) is 0 Å². The lowest BCUT2D eigenvalue weighted by atomic mass is 10.1. The summed E-state index contributed by atoms with van der Waals surface area (Å²) >= 11 is 0. The Hall–Kier alpha value is -3.67. The van der Waals surface area contributed by atoms with Crippen molar-refractivity contribution in [3.05, 3.63) is 83.7 Å². The molecule has 0 atom stereocenters. The highest BCUT2D eigenvalue weighted by Gasteiger charge is 2.03. The fraction of sp³-hybridized carbons (Fsp3) is 0.0500. The zero-order valence-corrected chi connectivity index (χ0v) is 14.2. The van der Waals surface area contributed by atoms with Gasteiger partial charge in [-0.3, -0.25) is 9.59 Å². The second-order valence-electron chi connectivity index (χ2n) is 5.76. The fourth-order valence-corrected chi connectivity index (χ4v) is 2.40. The molecule has 0 radical (unpaired) electrons. The van der Waals surface area contributed by atoms with Crippen LogP contribution in [0.15, 0.2) is 66.9 Å². The lowest BCUT2D eigenvalue weighted by Crippen LogP contribution is -2.10. The van der Waals surface area contributed by atoms with Gasteiger partial charge in [0, 0.05) is 23.5 Å². The minimum atomic E-state index is -0.481. The molecule has 6 nitrogen and oxygen atoms in total. The van der Waals surface area contributed by atoms with E-state index in [9.17, 15) is 9.59 Å². The number of carbonyl (C=O) groups is 2. The molecule has 0 aliphatic heterocycles. The van der Waals surface area contributed by atoms with Crippen molar-refractivity contribution in [2.75, 3.05) is 5.32 Å². The molecule has 6 heteroatoms. The molecule has 130 valence electrons. The van der Waals surface area contributed by atoms with E-state index in [0.29, 0.717) is 11.3 Å². The first-order valence-corrected chi connectivity index (χ1v) is 8.03. The van der Waals surface area contributed by atoms with Gasteiger partial charge in [-0.1, -0.05) is 18.2 Å². The number of rotatable bonds is 5. The summed E-state index contributed by atoms with van der Waals surface area (Å²) in [6.45, 7) is 1.92. The van der Waals surface area contributed by atoms with Crippen LogP contribution < -0.4 is 11.1 Å². The van der Waals surface area contributed by atoms with Crippen LogP contribution in [0, 0.1) is 6.92 Å². The van der Waals surface area contributed by atoms with Gasteiger partial charge in [0.1, 0.15) is 0 Å². The molecular formula is C20H18N4O2. The number of nitrogens with zero attached hydrogens (tertiary/aromatic N) is 2. The van der Waals surface area contributed by atoms with Crippen LogP contribution in [0.25, 0.3) is 11.8 Å². The number of carbonyl (C=O) groups excluding carboxylic acids is 2. The van der Waals surface area contributed by atoms with Crippen LogP contribution in [-0.2, 0) is 4.79 Å². The average molecular weight is 346 g/mol. The Bertz CT molecular complexity index is 971. The summed E-state index contributed by atoms with van der Waals surface area (Å²) in [6, 6.07) is 16.0. The van der Waals surface area contributed by atoms with E-state index in [-0.39, 0.29) is 5.91 Å². The third-order valence-corrected chi connectivity index (χ3v) is 3.72. The second-order valence-corrected chi connectivity index (χ2v) is 5.76. The predicted octanol–water partition coefficient (Wildman–Crippen LogP) is 2.93. The van der Waals surface area contributed by atoms with Gasteiger partial charge in [-0.15, -0.1) is 0 Å². The number of benzene rings is 2. The Morgan fingerprint density at radius 1 is 1.12 bits per heavy atom. The van der Waals surface area contributed by atoms with E-state index in [1.54, 1.807) is 35.0 Å². The van der Waals surface area contributed by atoms with E-state index < -0.39 is 5.91 Å². The number of primary amides is 1. The highest BCUT2D eigenvalue weighted by Crippen LogP contribution is 2.15. The van der Waals surface area contributed by atoms with Crippen molar-refractivity contribution < 1.29 is 9.59 Å². The zero-order valence-electron chi connectivity index (χ0n) is 14.2. The van der Waals surface area contributed by atoms with Crippen molar-refractivity contribution in [1.29, 1.82) is 0 Å². The first-order chi connectivity index (χ1) is 12.5. The van der Waals surface area contributed by atoms with E-state index in [4.69, 9.17) is 5.73 Å². The number of nitrogens with one attached hydrogen (secondary N) is 1. The van der Waals surface area contributed by atoms with Gasteiger partial charge < -0.3 is 11.1 Å². The molecule has 1 aromatic heterocycles. The second kappa shape index (κ2) is 7.48. The predicted molar refractivity (Wildman–Crippen MR) is 101 cm³/mol. The lowest BCUT2D eigenvalue weighted by molar-refractivity contribution is -0.111.